The predicted molar refractivity (Wildman–Crippen MR) is 77.3 cm³/mol. The fourth-order valence-corrected chi connectivity index (χ4v) is 2.58. The number of hydrogen-bond acceptors (Lipinski definition) is 4. The number of nitrogens with zero attached hydrogens (tertiary/aromatic N) is 1. The molecule has 1 atom stereocenters. The maximum atomic E-state index is 12.5. The van der Waals surface area contributed by atoms with Gasteiger partial charge in [-0.15, -0.1) is 0 Å². The van der Waals surface area contributed by atoms with E-state index in [2.05, 4.69) is 0 Å². The van der Waals surface area contributed by atoms with E-state index in [-0.39, 0.29) is 18.9 Å². The molecule has 0 bridgehead atoms. The Morgan fingerprint density at radius 3 is 2.81 bits per heavy atom. The van der Waals surface area contributed by atoms with E-state index in [4.69, 9.17) is 22.1 Å². The highest BCUT2D eigenvalue weighted by Gasteiger charge is 2.40. The van der Waals surface area contributed by atoms with Crippen molar-refractivity contribution >= 4 is 23.4 Å². The molecule has 1 aromatic carbocycles. The molecule has 2 rings (SSSR count). The molecule has 1 heterocycles. The molecule has 21 heavy (non-hydrogen) atoms. The third kappa shape index (κ3) is 3.11. The lowest BCUT2D eigenvalue weighted by Crippen LogP contribution is -2.57. The zero-order chi connectivity index (χ0) is 15.6. The molecule has 1 aliphatic heterocycles. The summed E-state index contributed by atoms with van der Waals surface area (Å²) in [6, 6.07) is 4.67. The quantitative estimate of drug-likeness (QED) is 0.863. The Bertz CT molecular complexity index is 578. The van der Waals surface area contributed by atoms with Gasteiger partial charge < -0.3 is 20.5 Å². The monoisotopic (exact) mass is 312 g/mol. The summed E-state index contributed by atoms with van der Waals surface area (Å²) in [4.78, 5) is 25.2. The second kappa shape index (κ2) is 5.91. The molecule has 3 N–H and O–H groups in total. The average Bonchev–Trinajstić information content (AvgIpc) is 2.47. The molecule has 0 aliphatic carbocycles. The highest BCUT2D eigenvalue weighted by molar-refractivity contribution is 6.32. The maximum Gasteiger partial charge on any atom is 0.254 e. The summed E-state index contributed by atoms with van der Waals surface area (Å²) < 4.78 is 5.08. The van der Waals surface area contributed by atoms with Gasteiger partial charge in [0.05, 0.1) is 18.7 Å². The second-order valence-electron chi connectivity index (χ2n) is 5.08. The Morgan fingerprint density at radius 1 is 1.48 bits per heavy atom. The molecular weight excluding hydrogens is 296 g/mol. The molecule has 114 valence electrons. The van der Waals surface area contributed by atoms with Crippen molar-refractivity contribution in [3.8, 4) is 5.75 Å². The van der Waals surface area contributed by atoms with Crippen LogP contribution >= 0.6 is 11.6 Å². The second-order valence-corrected chi connectivity index (χ2v) is 5.48. The van der Waals surface area contributed by atoms with Crippen LogP contribution in [0.2, 0.25) is 5.02 Å². The van der Waals surface area contributed by atoms with Crippen LogP contribution in [0.25, 0.3) is 0 Å². The van der Waals surface area contributed by atoms with E-state index in [0.29, 0.717) is 29.3 Å². The number of ether oxygens (including phenoxy) is 1. The van der Waals surface area contributed by atoms with Gasteiger partial charge in [-0.2, -0.15) is 0 Å². The van der Waals surface area contributed by atoms with Gasteiger partial charge in [0.1, 0.15) is 5.75 Å². The van der Waals surface area contributed by atoms with E-state index in [0.717, 1.165) is 0 Å². The molecule has 1 saturated heterocycles. The fraction of sp³-hybridized carbons (Fsp3) is 0.429. The highest BCUT2D eigenvalue weighted by atomic mass is 35.5. The van der Waals surface area contributed by atoms with Gasteiger partial charge in [0.15, 0.2) is 5.60 Å². The number of nitrogens with two attached hydrogens (primary N) is 1. The SMILES string of the molecule is COc1cc(C(=O)N2CCCC(O)(C(N)=O)C2)ccc1Cl. The number of benzene rings is 1. The van der Waals surface area contributed by atoms with E-state index < -0.39 is 11.5 Å². The van der Waals surface area contributed by atoms with Gasteiger partial charge in [0.25, 0.3) is 11.8 Å². The Hall–Kier alpha value is -1.79. The molecule has 7 heteroatoms. The zero-order valence-corrected chi connectivity index (χ0v) is 12.4. The van der Waals surface area contributed by atoms with E-state index >= 15 is 0 Å². The predicted octanol–water partition coefficient (Wildman–Crippen LogP) is 0.801. The van der Waals surface area contributed by atoms with Crippen LogP contribution in [-0.2, 0) is 4.79 Å². The van der Waals surface area contributed by atoms with Gasteiger partial charge >= 0.3 is 0 Å². The molecular formula is C14H17ClN2O4. The minimum atomic E-state index is -1.66. The normalized spacial score (nSPS) is 22.0. The summed E-state index contributed by atoms with van der Waals surface area (Å²) in [6.07, 6.45) is 0.770. The summed E-state index contributed by atoms with van der Waals surface area (Å²) in [6.45, 7) is 0.353. The van der Waals surface area contributed by atoms with Crippen molar-refractivity contribution < 1.29 is 19.4 Å². The summed E-state index contributed by atoms with van der Waals surface area (Å²) in [7, 11) is 1.46. The first-order valence-corrected chi connectivity index (χ1v) is 6.90. The summed E-state index contributed by atoms with van der Waals surface area (Å²) in [5, 5.41) is 10.5. The summed E-state index contributed by atoms with van der Waals surface area (Å²) in [5.41, 5.74) is 3.92. The van der Waals surface area contributed by atoms with Crippen molar-refractivity contribution in [2.75, 3.05) is 20.2 Å². The average molecular weight is 313 g/mol. The molecule has 0 radical (unpaired) electrons. The largest absolute Gasteiger partial charge is 0.495 e. The third-order valence-electron chi connectivity index (χ3n) is 3.61. The number of hydrogen-bond donors (Lipinski definition) is 2. The standard InChI is InChI=1S/C14H17ClN2O4/c1-21-11-7-9(3-4-10(11)15)12(18)17-6-2-5-14(20,8-17)13(16)19/h3-4,7,20H,2,5-6,8H2,1H3,(H2,16,19). The summed E-state index contributed by atoms with van der Waals surface area (Å²) in [5.74, 6) is -0.720. The van der Waals surface area contributed by atoms with Gasteiger partial charge in [-0.25, -0.2) is 0 Å². The Morgan fingerprint density at radius 2 is 2.19 bits per heavy atom. The lowest BCUT2D eigenvalue weighted by molar-refractivity contribution is -0.140. The molecule has 0 aromatic heterocycles. The first-order chi connectivity index (χ1) is 9.87. The van der Waals surface area contributed by atoms with Gasteiger partial charge in [0, 0.05) is 12.1 Å². The van der Waals surface area contributed by atoms with Gasteiger partial charge in [0.2, 0.25) is 0 Å². The first-order valence-electron chi connectivity index (χ1n) is 6.52. The van der Waals surface area contributed by atoms with Gasteiger partial charge in [-0.1, -0.05) is 11.6 Å². The van der Waals surface area contributed by atoms with E-state index in [1.165, 1.54) is 18.1 Å². The molecule has 1 aromatic rings. The number of β-amino-alcohol motifs (C(OH)–C–C–N with tert-alkyl or cyclic N) is 1. The van der Waals surface area contributed by atoms with Gasteiger partial charge in [-0.05, 0) is 31.0 Å². The van der Waals surface area contributed by atoms with Crippen LogP contribution in [0.1, 0.15) is 23.2 Å². The highest BCUT2D eigenvalue weighted by Crippen LogP contribution is 2.27. The minimum Gasteiger partial charge on any atom is -0.495 e. The number of aliphatic hydroxyl groups is 1. The van der Waals surface area contributed by atoms with Crippen molar-refractivity contribution in [3.05, 3.63) is 28.8 Å². The van der Waals surface area contributed by atoms with Crippen molar-refractivity contribution in [3.63, 3.8) is 0 Å². The molecule has 1 unspecified atom stereocenters. The molecule has 1 fully saturated rings. The van der Waals surface area contributed by atoms with E-state index in [9.17, 15) is 14.7 Å². The van der Waals surface area contributed by atoms with Crippen molar-refractivity contribution in [2.24, 2.45) is 5.73 Å². The topological polar surface area (TPSA) is 92.9 Å². The zero-order valence-electron chi connectivity index (χ0n) is 11.6. The first kappa shape index (κ1) is 15.6. The molecule has 0 spiro atoms. The van der Waals surface area contributed by atoms with Gasteiger partial charge in [-0.3, -0.25) is 9.59 Å². The maximum absolute atomic E-state index is 12.5. The number of carbonyl (C=O) groups excluding carboxylic acids is 2. The van der Waals surface area contributed by atoms with Crippen molar-refractivity contribution in [2.45, 2.75) is 18.4 Å². The Kier molecular flexibility index (Phi) is 4.39. The van der Waals surface area contributed by atoms with Crippen molar-refractivity contribution in [1.29, 1.82) is 0 Å². The Labute approximate surface area is 127 Å². The number of primary amides is 1. The van der Waals surface area contributed by atoms with Crippen LogP contribution in [0.5, 0.6) is 5.75 Å². The van der Waals surface area contributed by atoms with E-state index in [1.807, 2.05) is 0 Å². The third-order valence-corrected chi connectivity index (χ3v) is 3.93. The molecule has 2 amide bonds. The lowest BCUT2D eigenvalue weighted by Gasteiger charge is -2.37. The van der Waals surface area contributed by atoms with Crippen molar-refractivity contribution in [1.82, 2.24) is 4.90 Å². The number of rotatable bonds is 3. The molecule has 0 saturated carbocycles. The smallest absolute Gasteiger partial charge is 0.254 e. The number of methoxy groups -OCH3 is 1. The Balaban J connectivity index is 2.22. The van der Waals surface area contributed by atoms with E-state index in [1.54, 1.807) is 12.1 Å². The number of piperidine rings is 1. The minimum absolute atomic E-state index is 0.105. The molecule has 1 aliphatic rings. The fourth-order valence-electron chi connectivity index (χ4n) is 2.39. The summed E-state index contributed by atoms with van der Waals surface area (Å²) >= 11 is 5.92. The number of carbonyl (C=O) groups is 2. The van der Waals surface area contributed by atoms with Crippen LogP contribution in [0.3, 0.4) is 0 Å². The number of amides is 2. The number of halogens is 1. The van der Waals surface area contributed by atoms with Crippen LogP contribution in [0.4, 0.5) is 0 Å². The van der Waals surface area contributed by atoms with Crippen LogP contribution in [-0.4, -0.2) is 47.6 Å². The van der Waals surface area contributed by atoms with Crippen LogP contribution in [0, 0.1) is 0 Å². The number of likely N-dealkylation sites (tertiary alicyclic amines) is 1. The molecule has 6 nitrogen and oxygen atoms in total. The van der Waals surface area contributed by atoms with Crippen LogP contribution < -0.4 is 10.5 Å². The lowest BCUT2D eigenvalue weighted by atomic mass is 9.92. The van der Waals surface area contributed by atoms with Crippen LogP contribution in [0.15, 0.2) is 18.2 Å².